The van der Waals surface area contributed by atoms with Crippen LogP contribution in [0.5, 0.6) is 0 Å². The highest BCUT2D eigenvalue weighted by atomic mass is 16.1. The molecule has 4 heteroatoms. The van der Waals surface area contributed by atoms with Crippen LogP contribution in [0.25, 0.3) is 5.70 Å². The van der Waals surface area contributed by atoms with Crippen molar-refractivity contribution >= 4 is 11.5 Å². The maximum atomic E-state index is 12.5. The minimum absolute atomic E-state index is 0.110. The molecule has 1 aliphatic rings. The molecule has 0 saturated heterocycles. The number of Topliss-reactive ketones (excluding diaryl/α,β-unsaturated/α-hetero) is 1. The van der Waals surface area contributed by atoms with Gasteiger partial charge < -0.3 is 11.1 Å². The summed E-state index contributed by atoms with van der Waals surface area (Å²) < 4.78 is 0. The van der Waals surface area contributed by atoms with Gasteiger partial charge in [-0.15, -0.1) is 0 Å². The Morgan fingerprint density at radius 1 is 1.17 bits per heavy atom. The van der Waals surface area contributed by atoms with Gasteiger partial charge in [-0.2, -0.15) is 0 Å². The predicted octanol–water partition coefficient (Wildman–Crippen LogP) is 3.35. The first-order chi connectivity index (χ1) is 11.7. The predicted molar refractivity (Wildman–Crippen MR) is 95.7 cm³/mol. The van der Waals surface area contributed by atoms with Crippen molar-refractivity contribution in [1.82, 2.24) is 10.3 Å². The number of nitrogens with zero attached hydrogens (tertiary/aromatic N) is 1. The quantitative estimate of drug-likeness (QED) is 0.887. The first kappa shape index (κ1) is 16.1. The van der Waals surface area contributed by atoms with E-state index in [0.717, 1.165) is 35.4 Å². The van der Waals surface area contributed by atoms with Gasteiger partial charge in [-0.05, 0) is 30.5 Å². The molecule has 0 aliphatic heterocycles. The van der Waals surface area contributed by atoms with Crippen LogP contribution in [0.4, 0.5) is 0 Å². The fourth-order valence-corrected chi connectivity index (χ4v) is 2.98. The highest BCUT2D eigenvalue weighted by Crippen LogP contribution is 2.30. The van der Waals surface area contributed by atoms with E-state index in [1.807, 2.05) is 42.5 Å². The molecule has 24 heavy (non-hydrogen) atoms. The van der Waals surface area contributed by atoms with Crippen LogP contribution < -0.4 is 11.1 Å². The highest BCUT2D eigenvalue weighted by molar-refractivity contribution is 5.98. The molecule has 1 aliphatic carbocycles. The second-order valence-corrected chi connectivity index (χ2v) is 5.90. The number of carbonyl (C=O) groups excluding carboxylic acids is 1. The van der Waals surface area contributed by atoms with E-state index in [4.69, 9.17) is 5.73 Å². The van der Waals surface area contributed by atoms with Gasteiger partial charge in [-0.25, -0.2) is 0 Å². The van der Waals surface area contributed by atoms with Gasteiger partial charge in [0.2, 0.25) is 0 Å². The molecule has 4 nitrogen and oxygen atoms in total. The molecular weight excluding hydrogens is 298 g/mol. The number of hydrogen-bond acceptors (Lipinski definition) is 4. The fourth-order valence-electron chi connectivity index (χ4n) is 2.98. The third-order valence-corrected chi connectivity index (χ3v) is 4.24. The topological polar surface area (TPSA) is 68.0 Å². The van der Waals surface area contributed by atoms with Crippen molar-refractivity contribution in [3.05, 3.63) is 83.8 Å². The molecular formula is C20H21N3O. The SMILES string of the molecule is C=C(NC1=C(C(N)c2ccccc2)C(=O)CCC1)c1cccnc1. The average Bonchev–Trinajstić information content (AvgIpc) is 2.63. The molecule has 0 spiro atoms. The van der Waals surface area contributed by atoms with Crippen LogP contribution in [0.2, 0.25) is 0 Å². The largest absolute Gasteiger partial charge is 0.358 e. The first-order valence-electron chi connectivity index (χ1n) is 8.10. The summed E-state index contributed by atoms with van der Waals surface area (Å²) in [6.45, 7) is 4.07. The fraction of sp³-hybridized carbons (Fsp3) is 0.200. The molecule has 1 unspecified atom stereocenters. The Morgan fingerprint density at radius 2 is 1.96 bits per heavy atom. The molecule has 3 rings (SSSR count). The van der Waals surface area contributed by atoms with E-state index >= 15 is 0 Å². The van der Waals surface area contributed by atoms with Crippen molar-refractivity contribution in [1.29, 1.82) is 0 Å². The van der Waals surface area contributed by atoms with Crippen molar-refractivity contribution in [2.24, 2.45) is 5.73 Å². The summed E-state index contributed by atoms with van der Waals surface area (Å²) in [5.74, 6) is 0.110. The third-order valence-electron chi connectivity index (χ3n) is 4.24. The van der Waals surface area contributed by atoms with Crippen molar-refractivity contribution in [3.63, 3.8) is 0 Å². The maximum absolute atomic E-state index is 12.5. The van der Waals surface area contributed by atoms with Gasteiger partial charge in [0.1, 0.15) is 0 Å². The van der Waals surface area contributed by atoms with Crippen LogP contribution in [-0.2, 0) is 4.79 Å². The molecule has 1 atom stereocenters. The molecule has 0 amide bonds. The zero-order chi connectivity index (χ0) is 16.9. The summed E-state index contributed by atoms with van der Waals surface area (Å²) in [4.78, 5) is 16.6. The van der Waals surface area contributed by atoms with Gasteiger partial charge in [0.15, 0.2) is 5.78 Å². The molecule has 3 N–H and O–H groups in total. The van der Waals surface area contributed by atoms with Crippen LogP contribution in [0, 0.1) is 0 Å². The smallest absolute Gasteiger partial charge is 0.162 e. The number of nitrogens with two attached hydrogens (primary N) is 1. The summed E-state index contributed by atoms with van der Waals surface area (Å²) in [6, 6.07) is 13.1. The average molecular weight is 319 g/mol. The molecule has 2 aromatic rings. The minimum Gasteiger partial charge on any atom is -0.358 e. The minimum atomic E-state index is -0.428. The number of rotatable bonds is 5. The standard InChI is InChI=1S/C20H21N3O/c1-14(16-9-6-12-22-13-16)23-17-10-5-11-18(24)19(17)20(21)15-7-3-2-4-8-15/h2-4,6-9,12-13,20,23H,1,5,10-11,21H2. The van der Waals surface area contributed by atoms with Crippen LogP contribution in [0.15, 0.2) is 72.7 Å². The number of carbonyl (C=O) groups is 1. The number of benzene rings is 1. The maximum Gasteiger partial charge on any atom is 0.162 e. The lowest BCUT2D eigenvalue weighted by Crippen LogP contribution is -2.28. The Bertz CT molecular complexity index is 766. The zero-order valence-corrected chi connectivity index (χ0v) is 13.5. The number of nitrogens with one attached hydrogen (secondary N) is 1. The summed E-state index contributed by atoms with van der Waals surface area (Å²) in [6.07, 6.45) is 5.63. The van der Waals surface area contributed by atoms with E-state index in [9.17, 15) is 4.79 Å². The van der Waals surface area contributed by atoms with Crippen LogP contribution in [-0.4, -0.2) is 10.8 Å². The Balaban J connectivity index is 1.92. The summed E-state index contributed by atoms with van der Waals surface area (Å²) in [5, 5.41) is 3.31. The lowest BCUT2D eigenvalue weighted by molar-refractivity contribution is -0.116. The van der Waals surface area contributed by atoms with E-state index in [1.54, 1.807) is 12.4 Å². The van der Waals surface area contributed by atoms with Gasteiger partial charge in [0, 0.05) is 41.3 Å². The van der Waals surface area contributed by atoms with Gasteiger partial charge in [0.05, 0.1) is 6.04 Å². The van der Waals surface area contributed by atoms with Crippen molar-refractivity contribution in [3.8, 4) is 0 Å². The number of allylic oxidation sites excluding steroid dienone is 1. The Morgan fingerprint density at radius 3 is 2.67 bits per heavy atom. The van der Waals surface area contributed by atoms with Gasteiger partial charge in [-0.3, -0.25) is 9.78 Å². The molecule has 0 bridgehead atoms. The molecule has 0 fully saturated rings. The molecule has 1 aromatic heterocycles. The normalized spacial score (nSPS) is 16.0. The van der Waals surface area contributed by atoms with Crippen LogP contribution in [0.1, 0.15) is 36.4 Å². The Hall–Kier alpha value is -2.72. The van der Waals surface area contributed by atoms with Crippen molar-refractivity contribution < 1.29 is 4.79 Å². The third kappa shape index (κ3) is 3.44. The molecule has 1 aromatic carbocycles. The highest BCUT2D eigenvalue weighted by Gasteiger charge is 2.26. The molecule has 0 radical (unpaired) electrons. The van der Waals surface area contributed by atoms with E-state index in [-0.39, 0.29) is 5.78 Å². The Labute approximate surface area is 142 Å². The monoisotopic (exact) mass is 319 g/mol. The van der Waals surface area contributed by atoms with E-state index in [0.29, 0.717) is 12.0 Å². The van der Waals surface area contributed by atoms with E-state index in [2.05, 4.69) is 16.9 Å². The van der Waals surface area contributed by atoms with Crippen LogP contribution >= 0.6 is 0 Å². The number of hydrogen-bond donors (Lipinski definition) is 2. The summed E-state index contributed by atoms with van der Waals surface area (Å²) >= 11 is 0. The van der Waals surface area contributed by atoms with Gasteiger partial charge >= 0.3 is 0 Å². The Kier molecular flexibility index (Phi) is 4.87. The van der Waals surface area contributed by atoms with Gasteiger partial charge in [-0.1, -0.05) is 36.9 Å². The second-order valence-electron chi connectivity index (χ2n) is 5.90. The lowest BCUT2D eigenvalue weighted by Gasteiger charge is -2.26. The molecule has 0 saturated carbocycles. The zero-order valence-electron chi connectivity index (χ0n) is 13.5. The van der Waals surface area contributed by atoms with Crippen LogP contribution in [0.3, 0.4) is 0 Å². The number of pyridine rings is 1. The second kappa shape index (κ2) is 7.23. The van der Waals surface area contributed by atoms with E-state index < -0.39 is 6.04 Å². The lowest BCUT2D eigenvalue weighted by atomic mass is 9.87. The first-order valence-corrected chi connectivity index (χ1v) is 8.10. The van der Waals surface area contributed by atoms with Crippen molar-refractivity contribution in [2.45, 2.75) is 25.3 Å². The van der Waals surface area contributed by atoms with E-state index in [1.165, 1.54) is 0 Å². The van der Waals surface area contributed by atoms with Gasteiger partial charge in [0.25, 0.3) is 0 Å². The summed E-state index contributed by atoms with van der Waals surface area (Å²) in [7, 11) is 0. The summed E-state index contributed by atoms with van der Waals surface area (Å²) in [5.41, 5.74) is 10.5. The molecule has 122 valence electrons. The van der Waals surface area contributed by atoms with Crippen molar-refractivity contribution in [2.75, 3.05) is 0 Å². The molecule has 1 heterocycles. The number of ketones is 1. The number of aromatic nitrogens is 1.